The highest BCUT2D eigenvalue weighted by Crippen LogP contribution is 2.53. The van der Waals surface area contributed by atoms with Crippen LogP contribution in [0.4, 0.5) is 0 Å². The number of aliphatic hydroxyl groups is 1. The first kappa shape index (κ1) is 20.5. The van der Waals surface area contributed by atoms with Crippen molar-refractivity contribution < 1.29 is 24.5 Å². The molecule has 2 aromatic rings. The Morgan fingerprint density at radius 1 is 1.30 bits per heavy atom. The first-order valence-electron chi connectivity index (χ1n) is 10.2. The van der Waals surface area contributed by atoms with Gasteiger partial charge in [0.25, 0.3) is 0 Å². The van der Waals surface area contributed by atoms with E-state index in [-0.39, 0.29) is 24.2 Å². The number of ether oxygens (including phenoxy) is 2. The van der Waals surface area contributed by atoms with Crippen LogP contribution >= 0.6 is 0 Å². The molecule has 0 unspecified atom stereocenters. The number of carbonyl (C=O) groups excluding carboxylic acids is 1. The van der Waals surface area contributed by atoms with Gasteiger partial charge in [-0.2, -0.15) is 0 Å². The molecule has 0 spiro atoms. The lowest BCUT2D eigenvalue weighted by Crippen LogP contribution is -2.46. The number of benzene rings is 2. The molecule has 2 N–H and O–H groups in total. The zero-order valence-corrected chi connectivity index (χ0v) is 17.9. The summed E-state index contributed by atoms with van der Waals surface area (Å²) in [5, 5.41) is 20.9. The summed E-state index contributed by atoms with van der Waals surface area (Å²) in [7, 11) is 0. The lowest BCUT2D eigenvalue weighted by atomic mass is 9.80. The number of aryl methyl sites for hydroxylation is 1. The topological polar surface area (TPSA) is 76.0 Å². The Hall–Kier alpha value is -2.79. The van der Waals surface area contributed by atoms with E-state index in [0.717, 1.165) is 40.5 Å². The fourth-order valence-corrected chi connectivity index (χ4v) is 4.65. The lowest BCUT2D eigenvalue weighted by Gasteiger charge is -2.36. The molecular weight excluding hydrogens is 380 g/mol. The molecule has 0 saturated carbocycles. The molecular formula is C25H28O5. The Bertz CT molecular complexity index is 1030. The van der Waals surface area contributed by atoms with Crippen molar-refractivity contribution in [1.29, 1.82) is 0 Å². The Morgan fingerprint density at radius 3 is 2.67 bits per heavy atom. The minimum atomic E-state index is -1.08. The SMILES string of the molecule is C=C(C)[C@H]1Cc2ccc(O)c(C=O)c2[C@H]1c1cc(C)cc2c1O[C@H](C(C)(C)O)CO2. The predicted molar refractivity (Wildman–Crippen MR) is 115 cm³/mol. The van der Waals surface area contributed by atoms with Gasteiger partial charge in [-0.1, -0.05) is 24.3 Å². The van der Waals surface area contributed by atoms with Gasteiger partial charge in [-0.25, -0.2) is 0 Å². The third-order valence-electron chi connectivity index (χ3n) is 6.26. The number of fused-ring (bicyclic) bond motifs is 2. The summed E-state index contributed by atoms with van der Waals surface area (Å²) < 4.78 is 12.3. The first-order chi connectivity index (χ1) is 14.1. The van der Waals surface area contributed by atoms with Crippen molar-refractivity contribution >= 4 is 6.29 Å². The van der Waals surface area contributed by atoms with Crippen LogP contribution in [-0.2, 0) is 6.42 Å². The quantitative estimate of drug-likeness (QED) is 0.583. The molecule has 5 nitrogen and oxygen atoms in total. The molecule has 1 aliphatic heterocycles. The summed E-state index contributed by atoms with van der Waals surface area (Å²) in [6.45, 7) is 11.8. The number of phenols is 1. The molecule has 2 aliphatic rings. The van der Waals surface area contributed by atoms with E-state index in [1.807, 2.05) is 32.0 Å². The molecule has 1 heterocycles. The maximum atomic E-state index is 11.9. The minimum Gasteiger partial charge on any atom is -0.507 e. The van der Waals surface area contributed by atoms with Crippen molar-refractivity contribution in [2.75, 3.05) is 6.61 Å². The Balaban J connectivity index is 1.94. The Labute approximate surface area is 177 Å². The van der Waals surface area contributed by atoms with Gasteiger partial charge in [0.15, 0.2) is 23.9 Å². The average molecular weight is 408 g/mol. The molecule has 2 aromatic carbocycles. The van der Waals surface area contributed by atoms with Gasteiger partial charge in [0.2, 0.25) is 0 Å². The Kier molecular flexibility index (Phi) is 4.89. The van der Waals surface area contributed by atoms with Crippen molar-refractivity contribution in [3.8, 4) is 17.2 Å². The van der Waals surface area contributed by atoms with Crippen LogP contribution in [0.15, 0.2) is 36.4 Å². The van der Waals surface area contributed by atoms with Gasteiger partial charge in [0.1, 0.15) is 12.4 Å². The molecule has 1 aliphatic carbocycles. The molecule has 0 amide bonds. The van der Waals surface area contributed by atoms with Gasteiger partial charge in [-0.3, -0.25) is 4.79 Å². The van der Waals surface area contributed by atoms with Gasteiger partial charge >= 0.3 is 0 Å². The van der Waals surface area contributed by atoms with Crippen molar-refractivity contribution in [2.45, 2.75) is 51.7 Å². The van der Waals surface area contributed by atoms with Gasteiger partial charge in [-0.15, -0.1) is 0 Å². The molecule has 0 aromatic heterocycles. The number of aldehydes is 1. The summed E-state index contributed by atoms with van der Waals surface area (Å²) in [5.74, 6) is 1.04. The third-order valence-corrected chi connectivity index (χ3v) is 6.26. The predicted octanol–water partition coefficient (Wildman–Crippen LogP) is 4.30. The number of rotatable bonds is 4. The van der Waals surface area contributed by atoms with E-state index in [2.05, 4.69) is 6.58 Å². The number of allylic oxidation sites excluding steroid dienone is 1. The van der Waals surface area contributed by atoms with E-state index >= 15 is 0 Å². The van der Waals surface area contributed by atoms with Crippen molar-refractivity contribution in [2.24, 2.45) is 5.92 Å². The monoisotopic (exact) mass is 408 g/mol. The van der Waals surface area contributed by atoms with Crippen LogP contribution in [0.2, 0.25) is 0 Å². The molecule has 3 atom stereocenters. The Morgan fingerprint density at radius 2 is 2.03 bits per heavy atom. The summed E-state index contributed by atoms with van der Waals surface area (Å²) >= 11 is 0. The van der Waals surface area contributed by atoms with E-state index < -0.39 is 11.7 Å². The van der Waals surface area contributed by atoms with Crippen LogP contribution in [0, 0.1) is 12.8 Å². The summed E-state index contributed by atoms with van der Waals surface area (Å²) in [6, 6.07) is 7.43. The van der Waals surface area contributed by atoms with Gasteiger partial charge in [0.05, 0.1) is 11.2 Å². The summed E-state index contributed by atoms with van der Waals surface area (Å²) in [4.78, 5) is 11.9. The molecule has 30 heavy (non-hydrogen) atoms. The fraction of sp³-hybridized carbons (Fsp3) is 0.400. The molecule has 5 heteroatoms. The number of hydrogen-bond donors (Lipinski definition) is 2. The average Bonchev–Trinajstić information content (AvgIpc) is 3.06. The first-order valence-corrected chi connectivity index (χ1v) is 10.2. The van der Waals surface area contributed by atoms with E-state index in [1.54, 1.807) is 19.9 Å². The van der Waals surface area contributed by atoms with E-state index in [4.69, 9.17) is 9.47 Å². The van der Waals surface area contributed by atoms with Crippen LogP contribution in [0.1, 0.15) is 59.3 Å². The number of aromatic hydroxyl groups is 1. The zero-order chi connectivity index (χ0) is 21.8. The highest BCUT2D eigenvalue weighted by Gasteiger charge is 2.41. The molecule has 0 bridgehead atoms. The third kappa shape index (κ3) is 3.27. The maximum absolute atomic E-state index is 11.9. The summed E-state index contributed by atoms with van der Waals surface area (Å²) in [6.07, 6.45) is 0.932. The van der Waals surface area contributed by atoms with Gasteiger partial charge in [0, 0.05) is 11.5 Å². The maximum Gasteiger partial charge on any atom is 0.165 e. The fourth-order valence-electron chi connectivity index (χ4n) is 4.65. The second-order valence-corrected chi connectivity index (χ2v) is 9.08. The van der Waals surface area contributed by atoms with E-state index in [0.29, 0.717) is 17.1 Å². The zero-order valence-electron chi connectivity index (χ0n) is 17.9. The van der Waals surface area contributed by atoms with Crippen molar-refractivity contribution in [3.63, 3.8) is 0 Å². The number of hydrogen-bond acceptors (Lipinski definition) is 5. The van der Waals surface area contributed by atoms with Gasteiger partial charge < -0.3 is 19.7 Å². The molecule has 0 fully saturated rings. The highest BCUT2D eigenvalue weighted by molar-refractivity contribution is 5.84. The van der Waals surface area contributed by atoms with Crippen LogP contribution in [-0.4, -0.2) is 34.8 Å². The molecule has 4 rings (SSSR count). The second kappa shape index (κ2) is 7.17. The molecule has 0 saturated heterocycles. The molecule has 158 valence electrons. The van der Waals surface area contributed by atoms with Crippen molar-refractivity contribution in [1.82, 2.24) is 0 Å². The van der Waals surface area contributed by atoms with E-state index in [9.17, 15) is 15.0 Å². The standard InChI is InChI=1S/C25H28O5/c1-13(2)16-10-15-6-7-19(27)18(11-26)22(15)23(16)17-8-14(3)9-20-24(17)30-21(12-29-20)25(4,5)28/h6-9,11,16,21,23,27-28H,1,10,12H2,2-5H3/t16-,21+,23-/m1/s1. The largest absolute Gasteiger partial charge is 0.507 e. The van der Waals surface area contributed by atoms with Crippen LogP contribution in [0.3, 0.4) is 0 Å². The normalized spacial score (nSPS) is 22.5. The van der Waals surface area contributed by atoms with Crippen molar-refractivity contribution in [3.05, 3.63) is 64.2 Å². The minimum absolute atomic E-state index is 0.0239. The van der Waals surface area contributed by atoms with Crippen LogP contribution in [0.5, 0.6) is 17.2 Å². The lowest BCUT2D eigenvalue weighted by molar-refractivity contribution is -0.0659. The highest BCUT2D eigenvalue weighted by atomic mass is 16.6. The smallest absolute Gasteiger partial charge is 0.165 e. The number of phenolic OH excluding ortho intramolecular Hbond substituents is 1. The van der Waals surface area contributed by atoms with E-state index in [1.165, 1.54) is 0 Å². The van der Waals surface area contributed by atoms with Crippen LogP contribution in [0.25, 0.3) is 0 Å². The number of carbonyl (C=O) groups is 1. The molecule has 0 radical (unpaired) electrons. The summed E-state index contributed by atoms with van der Waals surface area (Å²) in [5.41, 5.74) is 3.98. The van der Waals surface area contributed by atoms with Crippen LogP contribution < -0.4 is 9.47 Å². The second-order valence-electron chi connectivity index (χ2n) is 9.08. The van der Waals surface area contributed by atoms with Gasteiger partial charge in [-0.05, 0) is 68.9 Å².